The van der Waals surface area contributed by atoms with Crippen LogP contribution in [-0.2, 0) is 16.6 Å². The highest BCUT2D eigenvalue weighted by Gasteiger charge is 2.31. The zero-order chi connectivity index (χ0) is 15.5. The number of thiophene rings is 1. The first-order chi connectivity index (χ1) is 9.94. The van der Waals surface area contributed by atoms with Crippen LogP contribution in [0.1, 0.15) is 44.4 Å². The van der Waals surface area contributed by atoms with E-state index in [0.717, 1.165) is 24.1 Å². The Hall–Kier alpha value is -0.430. The molecule has 1 aromatic rings. The Bertz CT molecular complexity index is 552. The van der Waals surface area contributed by atoms with Crippen LogP contribution in [-0.4, -0.2) is 21.5 Å². The maximum absolute atomic E-state index is 12.6. The van der Waals surface area contributed by atoms with E-state index in [1.165, 1.54) is 17.8 Å². The Labute approximate surface area is 132 Å². The van der Waals surface area contributed by atoms with Gasteiger partial charge in [-0.05, 0) is 43.9 Å². The molecule has 0 radical (unpaired) electrons. The summed E-state index contributed by atoms with van der Waals surface area (Å²) in [6.07, 6.45) is 4.41. The summed E-state index contributed by atoms with van der Waals surface area (Å²) in [4.78, 5) is 1.04. The van der Waals surface area contributed by atoms with E-state index in [1.807, 2.05) is 13.1 Å². The Morgan fingerprint density at radius 2 is 2.00 bits per heavy atom. The Morgan fingerprint density at radius 1 is 1.29 bits per heavy atom. The van der Waals surface area contributed by atoms with E-state index in [1.54, 1.807) is 6.07 Å². The number of hydrogen-bond acceptors (Lipinski definition) is 4. The normalized spacial score (nSPS) is 23.6. The van der Waals surface area contributed by atoms with Crippen molar-refractivity contribution >= 4 is 21.4 Å². The van der Waals surface area contributed by atoms with Crippen molar-refractivity contribution in [1.29, 1.82) is 0 Å². The molecule has 1 aliphatic carbocycles. The van der Waals surface area contributed by atoms with Gasteiger partial charge in [0.15, 0.2) is 0 Å². The molecule has 2 unspecified atom stereocenters. The van der Waals surface area contributed by atoms with Gasteiger partial charge in [-0.25, -0.2) is 13.1 Å². The molecule has 1 saturated carbocycles. The minimum atomic E-state index is -3.38. The van der Waals surface area contributed by atoms with Gasteiger partial charge in [0.1, 0.15) is 4.21 Å². The fraction of sp³-hybridized carbons (Fsp3) is 0.733. The second-order valence-corrected chi connectivity index (χ2v) is 9.28. The molecule has 0 amide bonds. The fourth-order valence-corrected chi connectivity index (χ4v) is 5.84. The molecule has 6 heteroatoms. The van der Waals surface area contributed by atoms with Gasteiger partial charge in [-0.2, -0.15) is 0 Å². The minimum Gasteiger partial charge on any atom is -0.315 e. The third-order valence-corrected chi connectivity index (χ3v) is 7.30. The molecule has 4 nitrogen and oxygen atoms in total. The van der Waals surface area contributed by atoms with E-state index < -0.39 is 10.0 Å². The highest BCUT2D eigenvalue weighted by molar-refractivity contribution is 7.91. The van der Waals surface area contributed by atoms with Crippen LogP contribution in [0.4, 0.5) is 0 Å². The van der Waals surface area contributed by atoms with Crippen molar-refractivity contribution in [3.63, 3.8) is 0 Å². The topological polar surface area (TPSA) is 58.2 Å². The number of hydrogen-bond donors (Lipinski definition) is 2. The third-order valence-electron chi connectivity index (χ3n) is 4.24. The summed E-state index contributed by atoms with van der Waals surface area (Å²) in [5, 5.41) is 3.05. The highest BCUT2D eigenvalue weighted by Crippen LogP contribution is 2.32. The Morgan fingerprint density at radius 3 is 2.67 bits per heavy atom. The van der Waals surface area contributed by atoms with Crippen molar-refractivity contribution in [3.8, 4) is 0 Å². The molecule has 0 spiro atoms. The van der Waals surface area contributed by atoms with Crippen molar-refractivity contribution in [1.82, 2.24) is 10.0 Å². The zero-order valence-corrected chi connectivity index (χ0v) is 14.7. The first-order valence-corrected chi connectivity index (χ1v) is 9.99. The molecule has 0 bridgehead atoms. The highest BCUT2D eigenvalue weighted by atomic mass is 32.2. The van der Waals surface area contributed by atoms with Gasteiger partial charge in [-0.1, -0.05) is 26.7 Å². The van der Waals surface area contributed by atoms with E-state index in [9.17, 15) is 8.42 Å². The molecule has 2 atom stereocenters. The van der Waals surface area contributed by atoms with Gasteiger partial charge >= 0.3 is 0 Å². The summed E-state index contributed by atoms with van der Waals surface area (Å²) in [7, 11) is -1.52. The SMILES string of the molecule is CNCc1ccc(S(=O)(=O)NC2CCCCC2C(C)C)s1. The van der Waals surface area contributed by atoms with Crippen LogP contribution in [0.15, 0.2) is 16.3 Å². The van der Waals surface area contributed by atoms with Crippen molar-refractivity contribution in [3.05, 3.63) is 17.0 Å². The van der Waals surface area contributed by atoms with E-state index in [-0.39, 0.29) is 6.04 Å². The Kier molecular flexibility index (Phi) is 5.82. The van der Waals surface area contributed by atoms with Gasteiger partial charge < -0.3 is 5.32 Å². The summed E-state index contributed by atoms with van der Waals surface area (Å²) in [5.74, 6) is 0.964. The predicted molar refractivity (Wildman–Crippen MR) is 88.0 cm³/mol. The summed E-state index contributed by atoms with van der Waals surface area (Å²) < 4.78 is 28.5. The Balaban J connectivity index is 2.11. The van der Waals surface area contributed by atoms with Gasteiger partial charge in [0.25, 0.3) is 0 Å². The number of nitrogens with one attached hydrogen (secondary N) is 2. The lowest BCUT2D eigenvalue weighted by molar-refractivity contribution is 0.226. The molecular weight excluding hydrogens is 304 g/mol. The molecule has 0 saturated heterocycles. The van der Waals surface area contributed by atoms with Gasteiger partial charge in [-0.15, -0.1) is 11.3 Å². The van der Waals surface area contributed by atoms with E-state index in [2.05, 4.69) is 23.9 Å². The van der Waals surface area contributed by atoms with Gasteiger partial charge in [-0.3, -0.25) is 0 Å². The molecule has 0 aromatic carbocycles. The third kappa shape index (κ3) is 4.28. The second-order valence-electron chi connectivity index (χ2n) is 6.17. The van der Waals surface area contributed by atoms with Crippen LogP contribution in [0.25, 0.3) is 0 Å². The number of sulfonamides is 1. The van der Waals surface area contributed by atoms with Crippen molar-refractivity contribution in [2.24, 2.45) is 11.8 Å². The molecular formula is C15H26N2O2S2. The minimum absolute atomic E-state index is 0.0820. The average molecular weight is 331 g/mol. The van der Waals surface area contributed by atoms with Crippen molar-refractivity contribution in [2.45, 2.75) is 56.3 Å². The van der Waals surface area contributed by atoms with Crippen molar-refractivity contribution in [2.75, 3.05) is 7.05 Å². The predicted octanol–water partition coefficient (Wildman–Crippen LogP) is 2.96. The molecule has 1 aromatic heterocycles. The largest absolute Gasteiger partial charge is 0.315 e. The first kappa shape index (κ1) is 16.9. The lowest BCUT2D eigenvalue weighted by atomic mass is 9.78. The van der Waals surface area contributed by atoms with Gasteiger partial charge in [0.05, 0.1) is 0 Å². The van der Waals surface area contributed by atoms with Gasteiger partial charge in [0.2, 0.25) is 10.0 Å². The van der Waals surface area contributed by atoms with E-state index >= 15 is 0 Å². The van der Waals surface area contributed by atoms with E-state index in [4.69, 9.17) is 0 Å². The van der Waals surface area contributed by atoms with E-state index in [0.29, 0.717) is 22.6 Å². The maximum atomic E-state index is 12.6. The quantitative estimate of drug-likeness (QED) is 0.843. The molecule has 2 N–H and O–H groups in total. The zero-order valence-electron chi connectivity index (χ0n) is 13.1. The number of rotatable bonds is 6. The summed E-state index contributed by atoms with van der Waals surface area (Å²) in [6, 6.07) is 3.68. The molecule has 2 rings (SSSR count). The summed E-state index contributed by atoms with van der Waals surface area (Å²) in [6.45, 7) is 5.08. The first-order valence-electron chi connectivity index (χ1n) is 7.69. The van der Waals surface area contributed by atoms with Crippen LogP contribution in [0.2, 0.25) is 0 Å². The molecule has 0 aliphatic heterocycles. The molecule has 21 heavy (non-hydrogen) atoms. The maximum Gasteiger partial charge on any atom is 0.250 e. The van der Waals surface area contributed by atoms with Gasteiger partial charge in [0, 0.05) is 17.5 Å². The molecule has 120 valence electrons. The molecule has 1 fully saturated rings. The lowest BCUT2D eigenvalue weighted by Crippen LogP contribution is -2.43. The van der Waals surface area contributed by atoms with Crippen LogP contribution >= 0.6 is 11.3 Å². The van der Waals surface area contributed by atoms with Crippen molar-refractivity contribution < 1.29 is 8.42 Å². The summed E-state index contributed by atoms with van der Waals surface area (Å²) in [5.41, 5.74) is 0. The van der Waals surface area contributed by atoms with Crippen LogP contribution < -0.4 is 10.0 Å². The fourth-order valence-electron chi connectivity index (χ4n) is 3.13. The van der Waals surface area contributed by atoms with Crippen LogP contribution in [0.5, 0.6) is 0 Å². The molecule has 1 aliphatic rings. The smallest absolute Gasteiger partial charge is 0.250 e. The van der Waals surface area contributed by atoms with Crippen LogP contribution in [0, 0.1) is 11.8 Å². The second kappa shape index (κ2) is 7.22. The van der Waals surface area contributed by atoms with Crippen LogP contribution in [0.3, 0.4) is 0 Å². The molecule has 1 heterocycles. The standard InChI is InChI=1S/C15H26N2O2S2/c1-11(2)13-6-4-5-7-14(13)17-21(18,19)15-9-8-12(20-15)10-16-3/h8-9,11,13-14,16-17H,4-7,10H2,1-3H3. The summed E-state index contributed by atoms with van der Waals surface area (Å²) >= 11 is 1.35. The average Bonchev–Trinajstić information content (AvgIpc) is 2.88. The monoisotopic (exact) mass is 330 g/mol. The lowest BCUT2D eigenvalue weighted by Gasteiger charge is -2.34.